The molecule has 25 heavy (non-hydrogen) atoms. The molecule has 0 heterocycles. The second-order valence-electron chi connectivity index (χ2n) is 6.90. The van der Waals surface area contributed by atoms with Gasteiger partial charge in [-0.3, -0.25) is 4.79 Å². The van der Waals surface area contributed by atoms with E-state index in [1.165, 1.54) is 23.3 Å². The second-order valence-corrected chi connectivity index (χ2v) is 6.90. The summed E-state index contributed by atoms with van der Waals surface area (Å²) in [5.41, 5.74) is 2.41. The molecule has 0 amide bonds. The Morgan fingerprint density at radius 2 is 1.80 bits per heavy atom. The predicted molar refractivity (Wildman–Crippen MR) is 96.1 cm³/mol. The van der Waals surface area contributed by atoms with Gasteiger partial charge in [0, 0.05) is 18.5 Å². The van der Waals surface area contributed by atoms with E-state index in [2.05, 4.69) is 17.4 Å². The summed E-state index contributed by atoms with van der Waals surface area (Å²) in [6, 6.07) is 17.5. The number of carboxylic acids is 1. The van der Waals surface area contributed by atoms with Crippen LogP contribution in [0.1, 0.15) is 42.7 Å². The quantitative estimate of drug-likeness (QED) is 0.759. The van der Waals surface area contributed by atoms with Gasteiger partial charge in [-0.2, -0.15) is 0 Å². The van der Waals surface area contributed by atoms with Gasteiger partial charge in [0.25, 0.3) is 0 Å². The van der Waals surface area contributed by atoms with Crippen LogP contribution in [-0.2, 0) is 11.2 Å². The number of halogens is 1. The van der Waals surface area contributed by atoms with Crippen LogP contribution in [0.15, 0.2) is 54.6 Å². The normalized spacial score (nSPS) is 20.7. The summed E-state index contributed by atoms with van der Waals surface area (Å²) < 4.78 is 13.0. The Bertz CT molecular complexity index is 681. The maximum Gasteiger partial charge on any atom is 0.303 e. The van der Waals surface area contributed by atoms with E-state index in [1.54, 1.807) is 0 Å². The molecule has 2 aromatic carbocycles. The number of carboxylic acid groups (broad SMARTS) is 1. The lowest BCUT2D eigenvalue weighted by atomic mass is 9.75. The molecule has 1 saturated carbocycles. The number of hydrogen-bond acceptors (Lipinski definition) is 2. The molecule has 2 aromatic rings. The molecule has 1 atom stereocenters. The van der Waals surface area contributed by atoms with E-state index in [4.69, 9.17) is 5.11 Å². The minimum absolute atomic E-state index is 0.165. The fourth-order valence-corrected chi connectivity index (χ4v) is 3.54. The number of aliphatic carboxylic acids is 1. The predicted octanol–water partition coefficient (Wildman–Crippen LogP) is 4.14. The molecule has 1 aliphatic rings. The summed E-state index contributed by atoms with van der Waals surface area (Å²) in [6.45, 7) is 0. The van der Waals surface area contributed by atoms with Crippen molar-refractivity contribution in [3.63, 3.8) is 0 Å². The lowest BCUT2D eigenvalue weighted by Gasteiger charge is -2.39. The third-order valence-corrected chi connectivity index (χ3v) is 4.98. The van der Waals surface area contributed by atoms with Crippen LogP contribution in [0.5, 0.6) is 0 Å². The Balaban J connectivity index is 1.53. The van der Waals surface area contributed by atoms with Crippen LogP contribution >= 0.6 is 0 Å². The summed E-state index contributed by atoms with van der Waals surface area (Å²) in [7, 11) is 0. The van der Waals surface area contributed by atoms with E-state index in [0.717, 1.165) is 19.3 Å². The maximum atomic E-state index is 13.0. The summed E-state index contributed by atoms with van der Waals surface area (Å²) in [5, 5.41) is 12.6. The van der Waals surface area contributed by atoms with Crippen LogP contribution in [0.25, 0.3) is 0 Å². The van der Waals surface area contributed by atoms with Crippen LogP contribution < -0.4 is 5.32 Å². The number of hydrogen-bond donors (Lipinski definition) is 2. The summed E-state index contributed by atoms with van der Waals surface area (Å²) in [5.74, 6) is -0.484. The Morgan fingerprint density at radius 1 is 1.12 bits per heavy atom. The van der Waals surface area contributed by atoms with Crippen molar-refractivity contribution in [1.29, 1.82) is 0 Å². The van der Waals surface area contributed by atoms with Gasteiger partial charge in [0.1, 0.15) is 5.82 Å². The average molecular weight is 341 g/mol. The first-order valence-corrected chi connectivity index (χ1v) is 8.87. The standard InChI is InChI=1S/C21H24FNO2/c22-18-8-6-16(7-9-18)17-13-20(14-17)23-19(10-11-21(24)25)12-15-4-2-1-3-5-15/h1-9,17,19-20,23H,10-14H2,(H,24,25). The molecule has 0 aliphatic heterocycles. The van der Waals surface area contributed by atoms with E-state index in [1.807, 2.05) is 30.3 Å². The van der Waals surface area contributed by atoms with Crippen LogP contribution in [0.2, 0.25) is 0 Å². The first-order valence-electron chi connectivity index (χ1n) is 8.87. The highest BCUT2D eigenvalue weighted by Crippen LogP contribution is 2.37. The molecule has 0 spiro atoms. The van der Waals surface area contributed by atoms with Crippen molar-refractivity contribution in [2.75, 3.05) is 0 Å². The zero-order valence-corrected chi connectivity index (χ0v) is 14.2. The Kier molecular flexibility index (Phi) is 5.82. The number of rotatable bonds is 8. The third-order valence-electron chi connectivity index (χ3n) is 4.98. The largest absolute Gasteiger partial charge is 0.481 e. The molecule has 0 radical (unpaired) electrons. The number of benzene rings is 2. The molecular formula is C21H24FNO2. The molecule has 2 N–H and O–H groups in total. The molecule has 4 heteroatoms. The van der Waals surface area contributed by atoms with Gasteiger partial charge < -0.3 is 10.4 Å². The van der Waals surface area contributed by atoms with Crippen LogP contribution in [-0.4, -0.2) is 23.2 Å². The highest BCUT2D eigenvalue weighted by atomic mass is 19.1. The van der Waals surface area contributed by atoms with Gasteiger partial charge in [-0.25, -0.2) is 4.39 Å². The van der Waals surface area contributed by atoms with Gasteiger partial charge in [0.05, 0.1) is 0 Å². The van der Waals surface area contributed by atoms with Gasteiger partial charge in [-0.05, 0) is 54.9 Å². The van der Waals surface area contributed by atoms with Crippen LogP contribution in [0, 0.1) is 5.82 Å². The van der Waals surface area contributed by atoms with Crippen molar-refractivity contribution in [1.82, 2.24) is 5.32 Å². The lowest BCUT2D eigenvalue weighted by Crippen LogP contribution is -2.46. The molecule has 1 aliphatic carbocycles. The first kappa shape index (κ1) is 17.6. The molecule has 3 rings (SSSR count). The minimum Gasteiger partial charge on any atom is -0.481 e. The fraction of sp³-hybridized carbons (Fsp3) is 0.381. The highest BCUT2D eigenvalue weighted by Gasteiger charge is 2.31. The molecule has 0 bridgehead atoms. The Labute approximate surface area is 147 Å². The monoisotopic (exact) mass is 341 g/mol. The molecule has 1 fully saturated rings. The molecular weight excluding hydrogens is 317 g/mol. The second kappa shape index (κ2) is 8.26. The highest BCUT2D eigenvalue weighted by molar-refractivity contribution is 5.66. The third kappa shape index (κ3) is 5.13. The fourth-order valence-electron chi connectivity index (χ4n) is 3.54. The molecule has 0 saturated heterocycles. The smallest absolute Gasteiger partial charge is 0.303 e. The van der Waals surface area contributed by atoms with Gasteiger partial charge in [-0.15, -0.1) is 0 Å². The Morgan fingerprint density at radius 3 is 2.44 bits per heavy atom. The SMILES string of the molecule is O=C(O)CCC(Cc1ccccc1)NC1CC(c2ccc(F)cc2)C1. The minimum atomic E-state index is -0.752. The van der Waals surface area contributed by atoms with E-state index in [0.29, 0.717) is 18.4 Å². The zero-order chi connectivity index (χ0) is 17.6. The number of carbonyl (C=O) groups is 1. The van der Waals surface area contributed by atoms with Crippen molar-refractivity contribution in [3.8, 4) is 0 Å². The van der Waals surface area contributed by atoms with Crippen LogP contribution in [0.3, 0.4) is 0 Å². The molecule has 1 unspecified atom stereocenters. The van der Waals surface area contributed by atoms with E-state index in [-0.39, 0.29) is 18.3 Å². The zero-order valence-electron chi connectivity index (χ0n) is 14.2. The molecule has 0 aromatic heterocycles. The van der Waals surface area contributed by atoms with Gasteiger partial charge >= 0.3 is 5.97 Å². The van der Waals surface area contributed by atoms with E-state index in [9.17, 15) is 9.18 Å². The van der Waals surface area contributed by atoms with Crippen LogP contribution in [0.4, 0.5) is 4.39 Å². The topological polar surface area (TPSA) is 49.3 Å². The molecule has 132 valence electrons. The van der Waals surface area contributed by atoms with Gasteiger partial charge in [-0.1, -0.05) is 42.5 Å². The first-order chi connectivity index (χ1) is 12.1. The number of nitrogens with one attached hydrogen (secondary N) is 1. The summed E-state index contributed by atoms with van der Waals surface area (Å²) >= 11 is 0. The van der Waals surface area contributed by atoms with E-state index < -0.39 is 5.97 Å². The Hall–Kier alpha value is -2.20. The average Bonchev–Trinajstić information content (AvgIpc) is 2.57. The van der Waals surface area contributed by atoms with Crippen molar-refractivity contribution in [2.45, 2.75) is 50.1 Å². The van der Waals surface area contributed by atoms with Crippen molar-refractivity contribution >= 4 is 5.97 Å². The van der Waals surface area contributed by atoms with E-state index >= 15 is 0 Å². The summed E-state index contributed by atoms with van der Waals surface area (Å²) in [6.07, 6.45) is 3.68. The van der Waals surface area contributed by atoms with Gasteiger partial charge in [0.2, 0.25) is 0 Å². The summed E-state index contributed by atoms with van der Waals surface area (Å²) in [4.78, 5) is 10.9. The van der Waals surface area contributed by atoms with Crippen molar-refractivity contribution in [3.05, 3.63) is 71.5 Å². The van der Waals surface area contributed by atoms with Crippen molar-refractivity contribution < 1.29 is 14.3 Å². The molecule has 3 nitrogen and oxygen atoms in total. The maximum absolute atomic E-state index is 13.0. The van der Waals surface area contributed by atoms with Gasteiger partial charge in [0.15, 0.2) is 0 Å². The van der Waals surface area contributed by atoms with Crippen molar-refractivity contribution in [2.24, 2.45) is 0 Å². The lowest BCUT2D eigenvalue weighted by molar-refractivity contribution is -0.137.